The summed E-state index contributed by atoms with van der Waals surface area (Å²) in [6.07, 6.45) is 0. The Labute approximate surface area is 139 Å². The highest BCUT2D eigenvalue weighted by Gasteiger charge is 2.14. The molecule has 7 nitrogen and oxygen atoms in total. The second-order valence-electron chi connectivity index (χ2n) is 4.22. The van der Waals surface area contributed by atoms with Crippen LogP contribution < -0.4 is 10.6 Å². The largest absolute Gasteiger partial charge is 0.318 e. The molecule has 0 heterocycles. The van der Waals surface area contributed by atoms with Crippen molar-refractivity contribution < 1.29 is 14.5 Å². The number of rotatable bonds is 3. The minimum atomic E-state index is -0.854. The second kappa shape index (κ2) is 6.98. The third kappa shape index (κ3) is 4.25. The molecule has 0 aromatic heterocycles. The minimum Gasteiger partial charge on any atom is -0.318 e. The Morgan fingerprint density at radius 3 is 1.68 bits per heavy atom. The number of nitro groups is 1. The van der Waals surface area contributed by atoms with Crippen LogP contribution >= 0.6 is 22.6 Å². The number of halogens is 1. The summed E-state index contributed by atoms with van der Waals surface area (Å²) < 4.78 is 1.01. The molecule has 2 rings (SSSR count). The molecule has 2 N–H and O–H groups in total. The van der Waals surface area contributed by atoms with Crippen LogP contribution in [0.15, 0.2) is 48.5 Å². The molecule has 0 fully saturated rings. The average molecular weight is 411 g/mol. The Kier molecular flexibility index (Phi) is 5.04. The van der Waals surface area contributed by atoms with E-state index < -0.39 is 16.7 Å². The van der Waals surface area contributed by atoms with Crippen LogP contribution in [0.5, 0.6) is 0 Å². The number of carbonyl (C=O) groups is 2. The molecular weight excluding hydrogens is 401 g/mol. The van der Waals surface area contributed by atoms with Crippen LogP contribution in [0.25, 0.3) is 0 Å². The van der Waals surface area contributed by atoms with Crippen molar-refractivity contribution in [1.29, 1.82) is 0 Å². The molecule has 2 aromatic rings. The standard InChI is InChI=1S/C14H10IN3O4/c15-9-1-3-10(4-2-9)16-13(19)14(20)17-11-5-7-12(8-6-11)18(21)22/h1-8H,(H,16,19)(H,17,20). The van der Waals surface area contributed by atoms with Crippen molar-refractivity contribution >= 4 is 51.5 Å². The van der Waals surface area contributed by atoms with Crippen LogP contribution in [0.1, 0.15) is 0 Å². The zero-order chi connectivity index (χ0) is 16.1. The van der Waals surface area contributed by atoms with E-state index in [1.165, 1.54) is 24.3 Å². The Morgan fingerprint density at radius 2 is 1.27 bits per heavy atom. The van der Waals surface area contributed by atoms with E-state index in [0.717, 1.165) is 3.57 Å². The lowest BCUT2D eigenvalue weighted by Crippen LogP contribution is -2.29. The number of carbonyl (C=O) groups excluding carboxylic acids is 2. The number of amides is 2. The third-order valence-electron chi connectivity index (χ3n) is 2.64. The molecule has 0 saturated carbocycles. The van der Waals surface area contributed by atoms with Crippen LogP contribution in [-0.2, 0) is 9.59 Å². The van der Waals surface area contributed by atoms with Gasteiger partial charge in [0, 0.05) is 27.1 Å². The fourth-order valence-electron chi connectivity index (χ4n) is 1.58. The van der Waals surface area contributed by atoms with Crippen LogP contribution in [-0.4, -0.2) is 16.7 Å². The van der Waals surface area contributed by atoms with Crippen molar-refractivity contribution in [2.24, 2.45) is 0 Å². The molecule has 0 unspecified atom stereocenters. The smallest absolute Gasteiger partial charge is 0.314 e. The quantitative estimate of drug-likeness (QED) is 0.351. The van der Waals surface area contributed by atoms with E-state index in [0.29, 0.717) is 11.4 Å². The molecule has 0 radical (unpaired) electrons. The first kappa shape index (κ1) is 15.9. The lowest BCUT2D eigenvalue weighted by Gasteiger charge is -2.06. The number of benzene rings is 2. The summed E-state index contributed by atoms with van der Waals surface area (Å²) in [5.41, 5.74) is 0.707. The molecule has 2 amide bonds. The first-order chi connectivity index (χ1) is 10.5. The fourth-order valence-corrected chi connectivity index (χ4v) is 1.94. The van der Waals surface area contributed by atoms with Gasteiger partial charge in [-0.15, -0.1) is 0 Å². The van der Waals surface area contributed by atoms with Gasteiger partial charge in [0.2, 0.25) is 0 Å². The number of nitrogens with zero attached hydrogens (tertiary/aromatic N) is 1. The fraction of sp³-hybridized carbons (Fsp3) is 0. The van der Waals surface area contributed by atoms with E-state index in [2.05, 4.69) is 33.2 Å². The van der Waals surface area contributed by atoms with E-state index in [-0.39, 0.29) is 5.69 Å². The number of non-ortho nitro benzene ring substituents is 1. The van der Waals surface area contributed by atoms with Gasteiger partial charge in [-0.05, 0) is 59.0 Å². The molecule has 0 atom stereocenters. The molecule has 112 valence electrons. The first-order valence-corrected chi connectivity index (χ1v) is 7.16. The van der Waals surface area contributed by atoms with Gasteiger partial charge in [-0.1, -0.05) is 0 Å². The number of anilines is 2. The molecule has 0 saturated heterocycles. The van der Waals surface area contributed by atoms with Crippen molar-refractivity contribution in [3.05, 3.63) is 62.2 Å². The summed E-state index contributed by atoms with van der Waals surface area (Å²) in [4.78, 5) is 33.5. The van der Waals surface area contributed by atoms with Gasteiger partial charge in [-0.3, -0.25) is 19.7 Å². The maximum Gasteiger partial charge on any atom is 0.314 e. The maximum absolute atomic E-state index is 11.7. The van der Waals surface area contributed by atoms with Crippen molar-refractivity contribution in [1.82, 2.24) is 0 Å². The number of hydrogen-bond acceptors (Lipinski definition) is 4. The van der Waals surface area contributed by atoms with Crippen molar-refractivity contribution in [2.45, 2.75) is 0 Å². The van der Waals surface area contributed by atoms with Gasteiger partial charge >= 0.3 is 11.8 Å². The summed E-state index contributed by atoms with van der Waals surface area (Å²) >= 11 is 2.13. The van der Waals surface area contributed by atoms with Gasteiger partial charge in [0.25, 0.3) is 5.69 Å². The average Bonchev–Trinajstić information content (AvgIpc) is 2.50. The molecular formula is C14H10IN3O4. The van der Waals surface area contributed by atoms with Crippen LogP contribution in [0.4, 0.5) is 17.1 Å². The third-order valence-corrected chi connectivity index (χ3v) is 3.36. The van der Waals surface area contributed by atoms with E-state index in [1.807, 2.05) is 0 Å². The zero-order valence-electron chi connectivity index (χ0n) is 11.1. The van der Waals surface area contributed by atoms with E-state index in [1.54, 1.807) is 24.3 Å². The van der Waals surface area contributed by atoms with Crippen LogP contribution in [0.2, 0.25) is 0 Å². The Balaban J connectivity index is 1.97. The number of nitrogens with one attached hydrogen (secondary N) is 2. The molecule has 0 aliphatic heterocycles. The second-order valence-corrected chi connectivity index (χ2v) is 5.46. The Hall–Kier alpha value is -2.49. The summed E-state index contributed by atoms with van der Waals surface area (Å²) in [6.45, 7) is 0. The van der Waals surface area contributed by atoms with Crippen molar-refractivity contribution in [2.75, 3.05) is 10.6 Å². The van der Waals surface area contributed by atoms with Gasteiger partial charge < -0.3 is 10.6 Å². The zero-order valence-corrected chi connectivity index (χ0v) is 13.2. The van der Waals surface area contributed by atoms with Gasteiger partial charge in [-0.2, -0.15) is 0 Å². The molecule has 22 heavy (non-hydrogen) atoms. The van der Waals surface area contributed by atoms with E-state index in [4.69, 9.17) is 0 Å². The molecule has 0 aliphatic rings. The summed E-state index contributed by atoms with van der Waals surface area (Å²) in [7, 11) is 0. The normalized spacial score (nSPS) is 9.86. The van der Waals surface area contributed by atoms with Crippen LogP contribution in [0.3, 0.4) is 0 Å². The first-order valence-electron chi connectivity index (χ1n) is 6.08. The monoisotopic (exact) mass is 411 g/mol. The van der Waals surface area contributed by atoms with Crippen LogP contribution in [0, 0.1) is 13.7 Å². The molecule has 8 heteroatoms. The summed E-state index contributed by atoms with van der Waals surface area (Å²) in [5.74, 6) is -1.67. The van der Waals surface area contributed by atoms with E-state index >= 15 is 0 Å². The Bertz CT molecular complexity index is 714. The topological polar surface area (TPSA) is 101 Å². The van der Waals surface area contributed by atoms with E-state index in [9.17, 15) is 19.7 Å². The molecule has 0 aliphatic carbocycles. The van der Waals surface area contributed by atoms with Gasteiger partial charge in [0.05, 0.1) is 4.92 Å². The molecule has 0 spiro atoms. The Morgan fingerprint density at radius 1 is 0.864 bits per heavy atom. The highest BCUT2D eigenvalue weighted by atomic mass is 127. The van der Waals surface area contributed by atoms with Gasteiger partial charge in [0.15, 0.2) is 0 Å². The van der Waals surface area contributed by atoms with Crippen molar-refractivity contribution in [3.8, 4) is 0 Å². The SMILES string of the molecule is O=C(Nc1ccc(I)cc1)C(=O)Nc1ccc([N+](=O)[O-])cc1. The molecule has 2 aromatic carbocycles. The summed E-state index contributed by atoms with van der Waals surface area (Å²) in [6, 6.07) is 12.1. The highest BCUT2D eigenvalue weighted by molar-refractivity contribution is 14.1. The number of nitro benzene ring substituents is 1. The minimum absolute atomic E-state index is 0.0960. The lowest BCUT2D eigenvalue weighted by molar-refractivity contribution is -0.384. The van der Waals surface area contributed by atoms with Crippen molar-refractivity contribution in [3.63, 3.8) is 0 Å². The number of hydrogen-bond donors (Lipinski definition) is 2. The maximum atomic E-state index is 11.7. The summed E-state index contributed by atoms with van der Waals surface area (Å²) in [5, 5.41) is 15.3. The lowest BCUT2D eigenvalue weighted by atomic mass is 10.3. The van der Waals surface area contributed by atoms with Gasteiger partial charge in [0.1, 0.15) is 0 Å². The predicted molar refractivity (Wildman–Crippen MR) is 89.5 cm³/mol. The highest BCUT2D eigenvalue weighted by Crippen LogP contribution is 2.15. The molecule has 0 bridgehead atoms. The predicted octanol–water partition coefficient (Wildman–Crippen LogP) is 2.78. The van der Waals surface area contributed by atoms with Gasteiger partial charge in [-0.25, -0.2) is 0 Å².